The lowest BCUT2D eigenvalue weighted by Crippen LogP contribution is -2.67. The van der Waals surface area contributed by atoms with Crippen LogP contribution in [0.4, 0.5) is 0 Å². The van der Waals surface area contributed by atoms with Crippen LogP contribution in [0.15, 0.2) is 0 Å². The molecule has 1 spiro atoms. The van der Waals surface area contributed by atoms with Gasteiger partial charge in [0.25, 0.3) is 0 Å². The quantitative estimate of drug-likeness (QED) is 0.799. The molecule has 3 rings (SSSR count). The van der Waals surface area contributed by atoms with Gasteiger partial charge in [-0.3, -0.25) is 4.79 Å². The molecule has 2 aliphatic carbocycles. The summed E-state index contributed by atoms with van der Waals surface area (Å²) < 4.78 is 11.1. The Kier molecular flexibility index (Phi) is 4.82. The lowest BCUT2D eigenvalue weighted by atomic mass is 9.51. The van der Waals surface area contributed by atoms with Crippen molar-refractivity contribution in [1.82, 2.24) is 10.2 Å². The van der Waals surface area contributed by atoms with Gasteiger partial charge in [0, 0.05) is 44.1 Å². The van der Waals surface area contributed by atoms with Crippen LogP contribution in [0.2, 0.25) is 0 Å². The van der Waals surface area contributed by atoms with Gasteiger partial charge in [-0.15, -0.1) is 0 Å². The number of amides is 1. The predicted octanol–water partition coefficient (Wildman–Crippen LogP) is 1.17. The van der Waals surface area contributed by atoms with Crippen LogP contribution < -0.4 is 5.32 Å². The molecule has 3 fully saturated rings. The molecule has 1 saturated heterocycles. The molecule has 0 bridgehead atoms. The molecule has 1 N–H and O–H groups in total. The molecule has 5 heteroatoms. The van der Waals surface area contributed by atoms with Gasteiger partial charge < -0.3 is 19.7 Å². The highest BCUT2D eigenvalue weighted by Crippen LogP contribution is 2.57. The first-order valence-electron chi connectivity index (χ1n) is 8.47. The molecule has 3 aliphatic rings. The maximum atomic E-state index is 12.1. The smallest absolute Gasteiger partial charge is 0.224 e. The van der Waals surface area contributed by atoms with Crippen molar-refractivity contribution in [1.29, 1.82) is 0 Å². The van der Waals surface area contributed by atoms with Crippen molar-refractivity contribution >= 4 is 5.91 Å². The van der Waals surface area contributed by atoms with E-state index < -0.39 is 0 Å². The van der Waals surface area contributed by atoms with Crippen molar-refractivity contribution < 1.29 is 14.3 Å². The topological polar surface area (TPSA) is 50.8 Å². The Bertz CT molecular complexity index is 365. The fourth-order valence-corrected chi connectivity index (χ4v) is 4.05. The third kappa shape index (κ3) is 2.96. The summed E-state index contributed by atoms with van der Waals surface area (Å²) in [6.07, 6.45) is 6.06. The number of hydrogen-bond acceptors (Lipinski definition) is 4. The van der Waals surface area contributed by atoms with Crippen LogP contribution in [-0.4, -0.2) is 62.4 Å². The van der Waals surface area contributed by atoms with Crippen LogP contribution in [0.3, 0.4) is 0 Å². The monoisotopic (exact) mass is 296 g/mol. The SMILES string of the molecule is CCOC1CC(NCCC(=O)N2CCOCC2)C12CCC2. The lowest BCUT2D eigenvalue weighted by Gasteiger charge is -2.61. The third-order valence-corrected chi connectivity index (χ3v) is 5.53. The fourth-order valence-electron chi connectivity index (χ4n) is 4.05. The van der Waals surface area contributed by atoms with E-state index >= 15 is 0 Å². The lowest BCUT2D eigenvalue weighted by molar-refractivity contribution is -0.172. The first kappa shape index (κ1) is 15.3. The van der Waals surface area contributed by atoms with Crippen molar-refractivity contribution in [3.05, 3.63) is 0 Å². The van der Waals surface area contributed by atoms with Gasteiger partial charge in [0.05, 0.1) is 19.3 Å². The second-order valence-electron chi connectivity index (χ2n) is 6.52. The summed E-state index contributed by atoms with van der Waals surface area (Å²) in [6.45, 7) is 6.54. The summed E-state index contributed by atoms with van der Waals surface area (Å²) in [4.78, 5) is 14.0. The molecule has 2 unspecified atom stereocenters. The highest BCUT2D eigenvalue weighted by molar-refractivity contribution is 5.76. The first-order valence-corrected chi connectivity index (χ1v) is 8.47. The largest absolute Gasteiger partial charge is 0.378 e. The fraction of sp³-hybridized carbons (Fsp3) is 0.938. The van der Waals surface area contributed by atoms with Crippen LogP contribution in [0, 0.1) is 5.41 Å². The molecule has 0 aromatic rings. The Morgan fingerprint density at radius 3 is 2.76 bits per heavy atom. The van der Waals surface area contributed by atoms with Crippen LogP contribution in [0.1, 0.15) is 39.0 Å². The summed E-state index contributed by atoms with van der Waals surface area (Å²) in [5, 5.41) is 3.61. The molecule has 21 heavy (non-hydrogen) atoms. The van der Waals surface area contributed by atoms with Gasteiger partial charge in [0.1, 0.15) is 0 Å². The van der Waals surface area contributed by atoms with Crippen LogP contribution in [0.5, 0.6) is 0 Å². The minimum Gasteiger partial charge on any atom is -0.378 e. The number of morpholine rings is 1. The molecular weight excluding hydrogens is 268 g/mol. The summed E-state index contributed by atoms with van der Waals surface area (Å²) in [6, 6.07) is 0.556. The number of ether oxygens (including phenoxy) is 2. The Morgan fingerprint density at radius 1 is 1.38 bits per heavy atom. The standard InChI is InChI=1S/C16H28N2O3/c1-2-21-14-12-13(16(14)5-3-6-16)17-7-4-15(19)18-8-10-20-11-9-18/h13-14,17H,2-12H2,1H3. The maximum Gasteiger partial charge on any atom is 0.224 e. The van der Waals surface area contributed by atoms with Gasteiger partial charge in [-0.25, -0.2) is 0 Å². The van der Waals surface area contributed by atoms with E-state index in [1.807, 2.05) is 4.90 Å². The van der Waals surface area contributed by atoms with Crippen molar-refractivity contribution in [2.24, 2.45) is 5.41 Å². The van der Waals surface area contributed by atoms with Crippen molar-refractivity contribution in [2.45, 2.75) is 51.2 Å². The summed E-state index contributed by atoms with van der Waals surface area (Å²) in [7, 11) is 0. The van der Waals surface area contributed by atoms with Gasteiger partial charge in [-0.05, 0) is 26.2 Å². The van der Waals surface area contributed by atoms with Crippen LogP contribution in [0.25, 0.3) is 0 Å². The van der Waals surface area contributed by atoms with Gasteiger partial charge in [0.15, 0.2) is 0 Å². The van der Waals surface area contributed by atoms with Gasteiger partial charge >= 0.3 is 0 Å². The van der Waals surface area contributed by atoms with Gasteiger partial charge in [-0.1, -0.05) is 6.42 Å². The number of rotatable bonds is 6. The van der Waals surface area contributed by atoms with E-state index in [1.165, 1.54) is 19.3 Å². The molecule has 1 amide bonds. The summed E-state index contributed by atoms with van der Waals surface area (Å²) >= 11 is 0. The molecule has 2 saturated carbocycles. The van der Waals surface area contributed by atoms with Gasteiger partial charge in [0.2, 0.25) is 5.91 Å². The van der Waals surface area contributed by atoms with E-state index in [-0.39, 0.29) is 5.91 Å². The molecule has 120 valence electrons. The minimum absolute atomic E-state index is 0.258. The van der Waals surface area contributed by atoms with Crippen molar-refractivity contribution in [3.63, 3.8) is 0 Å². The molecule has 2 atom stereocenters. The van der Waals surface area contributed by atoms with E-state index in [0.29, 0.717) is 37.2 Å². The van der Waals surface area contributed by atoms with E-state index in [0.717, 1.165) is 32.7 Å². The zero-order chi connectivity index (χ0) is 14.7. The van der Waals surface area contributed by atoms with Crippen molar-refractivity contribution in [3.8, 4) is 0 Å². The van der Waals surface area contributed by atoms with Crippen LogP contribution in [-0.2, 0) is 14.3 Å². The Labute approximate surface area is 127 Å². The Morgan fingerprint density at radius 2 is 2.14 bits per heavy atom. The number of carbonyl (C=O) groups excluding carboxylic acids is 1. The molecule has 5 nitrogen and oxygen atoms in total. The number of carbonyl (C=O) groups is 1. The molecule has 0 aromatic carbocycles. The molecule has 0 aromatic heterocycles. The normalized spacial score (nSPS) is 30.8. The van der Waals surface area contributed by atoms with Gasteiger partial charge in [-0.2, -0.15) is 0 Å². The summed E-state index contributed by atoms with van der Waals surface area (Å²) in [5.74, 6) is 0.258. The molecule has 0 radical (unpaired) electrons. The number of nitrogens with one attached hydrogen (secondary N) is 1. The van der Waals surface area contributed by atoms with Crippen LogP contribution >= 0.6 is 0 Å². The minimum atomic E-state index is 0.258. The van der Waals surface area contributed by atoms with E-state index in [2.05, 4.69) is 12.2 Å². The number of hydrogen-bond donors (Lipinski definition) is 1. The van der Waals surface area contributed by atoms with E-state index in [9.17, 15) is 4.79 Å². The highest BCUT2D eigenvalue weighted by atomic mass is 16.5. The molecular formula is C16H28N2O3. The predicted molar refractivity (Wildman–Crippen MR) is 80.1 cm³/mol. The average Bonchev–Trinajstić information content (AvgIpc) is 2.44. The summed E-state index contributed by atoms with van der Waals surface area (Å²) in [5.41, 5.74) is 0.387. The zero-order valence-electron chi connectivity index (χ0n) is 13.1. The van der Waals surface area contributed by atoms with Crippen molar-refractivity contribution in [2.75, 3.05) is 39.5 Å². The number of nitrogens with zero attached hydrogens (tertiary/aromatic N) is 1. The Balaban J connectivity index is 1.39. The van der Waals surface area contributed by atoms with E-state index in [1.54, 1.807) is 0 Å². The average molecular weight is 296 g/mol. The van der Waals surface area contributed by atoms with E-state index in [4.69, 9.17) is 9.47 Å². The molecule has 1 aliphatic heterocycles. The Hall–Kier alpha value is -0.650. The first-order chi connectivity index (χ1) is 10.3. The third-order valence-electron chi connectivity index (χ3n) is 5.53. The second-order valence-corrected chi connectivity index (χ2v) is 6.52. The maximum absolute atomic E-state index is 12.1. The zero-order valence-corrected chi connectivity index (χ0v) is 13.1. The highest BCUT2D eigenvalue weighted by Gasteiger charge is 2.58. The molecule has 1 heterocycles. The second kappa shape index (κ2) is 6.63.